The number of H-pyrrole nitrogens is 2. The van der Waals surface area contributed by atoms with Gasteiger partial charge in [0.2, 0.25) is 0 Å². The zero-order valence-electron chi connectivity index (χ0n) is 29.5. The van der Waals surface area contributed by atoms with E-state index in [2.05, 4.69) is 15.0 Å². The first-order valence-corrected chi connectivity index (χ1v) is 18.8. The topological polar surface area (TPSA) is 66.6 Å². The molecule has 0 spiro atoms. The minimum atomic E-state index is -1.51. The van der Waals surface area contributed by atoms with E-state index < -0.39 is 33.7 Å². The molecule has 0 saturated carbocycles. The van der Waals surface area contributed by atoms with E-state index in [1.165, 1.54) is 0 Å². The van der Waals surface area contributed by atoms with Crippen molar-refractivity contribution in [2.75, 3.05) is 0 Å². The van der Waals surface area contributed by atoms with Crippen LogP contribution in [-0.4, -0.2) is 19.9 Å². The first kappa shape index (κ1) is 35.1. The van der Waals surface area contributed by atoms with Crippen LogP contribution in [-0.2, 0) is 12.4 Å². The summed E-state index contributed by atoms with van der Waals surface area (Å²) in [7, 11) is 0. The number of nitrogens with zero attached hydrogens (tertiary/aromatic N) is 2. The van der Waals surface area contributed by atoms with E-state index in [1.54, 1.807) is 60.7 Å². The number of nitrogens with one attached hydrogen (secondary N) is 2. The van der Waals surface area contributed by atoms with Crippen LogP contribution in [0.4, 0.5) is 17.6 Å². The van der Waals surface area contributed by atoms with Crippen LogP contribution in [0.2, 0.25) is 0 Å². The zero-order valence-corrected chi connectivity index (χ0v) is 30.3. The van der Waals surface area contributed by atoms with Crippen molar-refractivity contribution in [3.8, 4) is 28.0 Å². The summed E-state index contributed by atoms with van der Waals surface area (Å²) in [4.78, 5) is 15.5. The summed E-state index contributed by atoms with van der Waals surface area (Å²) in [5.41, 5.74) is 6.80. The molecule has 0 atom stereocenters. The lowest BCUT2D eigenvalue weighted by Crippen LogP contribution is -2.04. The number of hydrogen-bond donors (Lipinski definition) is 2. The molecular formula is C46H30F4N4OS. The maximum atomic E-state index is 16.1. The Morgan fingerprint density at radius 1 is 0.518 bits per heavy atom. The van der Waals surface area contributed by atoms with E-state index in [9.17, 15) is 0 Å². The first-order valence-electron chi connectivity index (χ1n) is 17.8. The Bertz CT molecular complexity index is 2820. The second kappa shape index (κ2) is 14.9. The highest BCUT2D eigenvalue weighted by atomic mass is 32.2. The average molecular weight is 763 g/mol. The number of ether oxygens (including phenoxy) is 1. The van der Waals surface area contributed by atoms with Gasteiger partial charge in [0.1, 0.15) is 12.4 Å². The third-order valence-electron chi connectivity index (χ3n) is 9.49. The van der Waals surface area contributed by atoms with Gasteiger partial charge in [-0.1, -0.05) is 72.8 Å². The molecule has 2 N–H and O–H groups in total. The second-order valence-corrected chi connectivity index (χ2v) is 14.2. The van der Waals surface area contributed by atoms with E-state index in [4.69, 9.17) is 9.72 Å². The number of fused-ring (bicyclic) bond motifs is 8. The monoisotopic (exact) mass is 762 g/mol. The fourth-order valence-corrected chi connectivity index (χ4v) is 7.72. The van der Waals surface area contributed by atoms with Crippen molar-refractivity contribution in [1.29, 1.82) is 0 Å². The molecule has 2 aliphatic heterocycles. The average Bonchev–Trinajstić information content (AvgIpc) is 4.06. The van der Waals surface area contributed by atoms with Gasteiger partial charge in [-0.3, -0.25) is 0 Å². The lowest BCUT2D eigenvalue weighted by atomic mass is 10.0. The minimum Gasteiger partial charge on any atom is -0.489 e. The first-order chi connectivity index (χ1) is 27.4. The van der Waals surface area contributed by atoms with Crippen molar-refractivity contribution in [2.24, 2.45) is 0 Å². The molecule has 56 heavy (non-hydrogen) atoms. The quantitative estimate of drug-likeness (QED) is 0.0919. The molecule has 0 saturated heterocycles. The normalized spacial score (nSPS) is 12.0. The molecule has 4 aromatic carbocycles. The summed E-state index contributed by atoms with van der Waals surface area (Å²) in [6, 6.07) is 37.4. The Kier molecular flexibility index (Phi) is 9.32. The van der Waals surface area contributed by atoms with E-state index in [0.717, 1.165) is 33.5 Å². The van der Waals surface area contributed by atoms with E-state index in [-0.39, 0.29) is 22.5 Å². The largest absolute Gasteiger partial charge is 0.489 e. The maximum Gasteiger partial charge on any atom is 0.176 e. The molecule has 2 aliphatic rings. The van der Waals surface area contributed by atoms with Gasteiger partial charge >= 0.3 is 0 Å². The van der Waals surface area contributed by atoms with Gasteiger partial charge in [0, 0.05) is 38.9 Å². The Labute approximate surface area is 323 Å². The number of rotatable bonds is 8. The fourth-order valence-electron chi connectivity index (χ4n) is 6.79. The van der Waals surface area contributed by atoms with Gasteiger partial charge in [0.15, 0.2) is 23.3 Å². The highest BCUT2D eigenvalue weighted by Crippen LogP contribution is 2.41. The summed E-state index contributed by atoms with van der Waals surface area (Å²) in [6.07, 6.45) is 7.04. The minimum absolute atomic E-state index is 0.122. The number of aromatic nitrogens is 4. The molecule has 0 amide bonds. The van der Waals surface area contributed by atoms with Crippen molar-refractivity contribution >= 4 is 58.1 Å². The third-order valence-corrected chi connectivity index (χ3v) is 10.6. The summed E-state index contributed by atoms with van der Waals surface area (Å²) < 4.78 is 69.8. The number of thioether (sulfide) groups is 1. The van der Waals surface area contributed by atoms with Crippen molar-refractivity contribution in [3.05, 3.63) is 178 Å². The van der Waals surface area contributed by atoms with E-state index in [1.807, 2.05) is 84.9 Å². The van der Waals surface area contributed by atoms with Crippen LogP contribution in [0, 0.1) is 23.3 Å². The smallest absolute Gasteiger partial charge is 0.176 e. The summed E-state index contributed by atoms with van der Waals surface area (Å²) >= 11 is 0.695. The number of aromatic amines is 2. The Balaban J connectivity index is 1.17. The van der Waals surface area contributed by atoms with Crippen molar-refractivity contribution < 1.29 is 22.3 Å². The zero-order chi connectivity index (χ0) is 38.2. The molecule has 5 heterocycles. The lowest BCUT2D eigenvalue weighted by molar-refractivity contribution is 0.306. The van der Waals surface area contributed by atoms with Gasteiger partial charge in [-0.15, -0.1) is 11.8 Å². The summed E-state index contributed by atoms with van der Waals surface area (Å²) in [5, 5.41) is 0. The Morgan fingerprint density at radius 2 is 1.05 bits per heavy atom. The number of hydrogen-bond acceptors (Lipinski definition) is 4. The van der Waals surface area contributed by atoms with Gasteiger partial charge in [0.05, 0.1) is 33.2 Å². The molecule has 0 aliphatic carbocycles. The SMILES string of the molecule is Fc1c(F)c(-c2c3nc(cc4ccc([nH]4)c(-c4ccc(OCc5ccccc5)cc4)c4nc(cc5ccc2[nH]5)C=C4)C=C3)c(F)c(F)c1SCc1ccccc1. The number of benzene rings is 4. The van der Waals surface area contributed by atoms with Crippen LogP contribution < -0.4 is 4.74 Å². The van der Waals surface area contributed by atoms with Crippen LogP contribution >= 0.6 is 11.8 Å². The molecule has 0 fully saturated rings. The molecule has 0 radical (unpaired) electrons. The highest BCUT2D eigenvalue weighted by molar-refractivity contribution is 7.98. The van der Waals surface area contributed by atoms with Crippen LogP contribution in [0.25, 0.3) is 68.6 Å². The van der Waals surface area contributed by atoms with Gasteiger partial charge in [0.25, 0.3) is 0 Å². The van der Waals surface area contributed by atoms with Crippen molar-refractivity contribution in [3.63, 3.8) is 0 Å². The summed E-state index contributed by atoms with van der Waals surface area (Å²) in [5.74, 6) is -5.09. The van der Waals surface area contributed by atoms with Crippen molar-refractivity contribution in [1.82, 2.24) is 19.9 Å². The molecule has 5 nitrogen and oxygen atoms in total. The molecule has 8 bridgehead atoms. The molecule has 274 valence electrons. The summed E-state index contributed by atoms with van der Waals surface area (Å²) in [6.45, 7) is 0.450. The Morgan fingerprint density at radius 3 is 1.64 bits per heavy atom. The molecule has 10 heteroatoms. The van der Waals surface area contributed by atoms with Gasteiger partial charge < -0.3 is 14.7 Å². The van der Waals surface area contributed by atoms with Crippen LogP contribution in [0.3, 0.4) is 0 Å². The molecule has 3 aromatic heterocycles. The fraction of sp³-hybridized carbons (Fsp3) is 0.0435. The third kappa shape index (κ3) is 6.91. The van der Waals surface area contributed by atoms with Crippen LogP contribution in [0.1, 0.15) is 33.9 Å². The van der Waals surface area contributed by atoms with Crippen LogP contribution in [0.5, 0.6) is 5.75 Å². The van der Waals surface area contributed by atoms with Crippen molar-refractivity contribution in [2.45, 2.75) is 17.3 Å². The van der Waals surface area contributed by atoms with E-state index in [0.29, 0.717) is 46.5 Å². The van der Waals surface area contributed by atoms with Gasteiger partial charge in [-0.25, -0.2) is 27.5 Å². The van der Waals surface area contributed by atoms with Crippen LogP contribution in [0.15, 0.2) is 126 Å². The predicted octanol–water partition coefficient (Wildman–Crippen LogP) is 12.4. The standard InChI is InChI=1S/C46H30F4N4OS/c47-42-41(43(48)45(50)46(44(42)49)56-26-28-9-5-2-6-10-28)40-37-21-15-32(53-37)23-30-13-19-35(51-30)39(36-20-14-31(52-36)24-33-16-22-38(40)54-33)29-11-17-34(18-12-29)55-25-27-7-3-1-4-8-27/h1-24,51,54H,25-26H2. The second-order valence-electron chi connectivity index (χ2n) is 13.2. The predicted molar refractivity (Wildman–Crippen MR) is 216 cm³/mol. The molecule has 7 aromatic rings. The van der Waals surface area contributed by atoms with E-state index >= 15 is 17.6 Å². The van der Waals surface area contributed by atoms with Gasteiger partial charge in [-0.05, 0) is 89.5 Å². The van der Waals surface area contributed by atoms with Gasteiger partial charge in [-0.2, -0.15) is 0 Å². The molecule has 0 unspecified atom stereocenters. The highest BCUT2D eigenvalue weighted by Gasteiger charge is 2.29. The Hall–Kier alpha value is -6.65. The maximum absolute atomic E-state index is 16.1. The molecule has 9 rings (SSSR count). The molecular weight excluding hydrogens is 733 g/mol. The number of halogens is 4. The lowest BCUT2D eigenvalue weighted by Gasteiger charge is -2.13.